The average molecular weight is 490 g/mol. The Balaban J connectivity index is 2.93. The first-order valence-corrected chi connectivity index (χ1v) is 15.3. The molecule has 0 spiro atoms. The summed E-state index contributed by atoms with van der Waals surface area (Å²) in [4.78, 5) is 0. The van der Waals surface area contributed by atoms with Crippen LogP contribution in [0.5, 0.6) is 0 Å². The maximum absolute atomic E-state index is 8.71. The molecule has 0 aliphatic heterocycles. The normalized spacial score (nSPS) is 11.8. The van der Waals surface area contributed by atoms with E-state index in [9.17, 15) is 0 Å². The van der Waals surface area contributed by atoms with Crippen molar-refractivity contribution in [3.05, 3.63) is 0 Å². The fourth-order valence-electron chi connectivity index (χ4n) is 2.81. The third kappa shape index (κ3) is 23.4. The molecule has 1 atom stereocenters. The minimum atomic E-state index is 0.368. The van der Waals surface area contributed by atoms with Crippen LogP contribution in [0, 0.1) is 0 Å². The van der Waals surface area contributed by atoms with E-state index in [1.807, 2.05) is 0 Å². The van der Waals surface area contributed by atoms with Gasteiger partial charge >= 0.3 is 0 Å². The van der Waals surface area contributed by atoms with Gasteiger partial charge in [-0.25, -0.2) is 0 Å². The number of hydrogen-bond donors (Lipinski definition) is 1. The van der Waals surface area contributed by atoms with Crippen LogP contribution in [0.1, 0.15) is 96.3 Å². The summed E-state index contributed by atoms with van der Waals surface area (Å²) in [7, 11) is 0. The highest BCUT2D eigenvalue weighted by molar-refractivity contribution is 14.2. The summed E-state index contributed by atoms with van der Waals surface area (Å²) >= 11 is 4.38. The maximum atomic E-state index is 8.71. The lowest BCUT2D eigenvalue weighted by Gasteiger charge is -2.04. The molecule has 0 saturated heterocycles. The van der Waals surface area contributed by atoms with Gasteiger partial charge in [0.05, 0.1) is 13.1 Å². The van der Waals surface area contributed by atoms with Gasteiger partial charge in [-0.2, -0.15) is 11.8 Å². The lowest BCUT2D eigenvalue weighted by molar-refractivity contribution is 0.282. The van der Waals surface area contributed by atoms with Crippen molar-refractivity contribution in [2.24, 2.45) is 0 Å². The van der Waals surface area contributed by atoms with E-state index >= 15 is 0 Å². The van der Waals surface area contributed by atoms with Gasteiger partial charge < -0.3 is 9.63 Å². The molecule has 0 saturated carbocycles. The first kappa shape index (κ1) is 25.4. The average Bonchev–Trinajstić information content (AvgIpc) is 2.60. The summed E-state index contributed by atoms with van der Waals surface area (Å²) in [6.45, 7) is 1.93. The van der Waals surface area contributed by atoms with E-state index in [0.717, 1.165) is 13.0 Å². The second kappa shape index (κ2) is 24.4. The highest BCUT2D eigenvalue weighted by Crippen LogP contribution is 2.22. The van der Waals surface area contributed by atoms with Crippen LogP contribution in [0.4, 0.5) is 0 Å². The Bertz CT molecular complexity index is 202. The van der Waals surface area contributed by atoms with Crippen molar-refractivity contribution in [1.29, 1.82) is 0 Å². The van der Waals surface area contributed by atoms with Gasteiger partial charge in [0.2, 0.25) is 0 Å². The predicted octanol–water partition coefficient (Wildman–Crippen LogP) is 7.52. The molecule has 0 aliphatic rings. The van der Waals surface area contributed by atoms with Crippen molar-refractivity contribution in [1.82, 2.24) is 0 Å². The number of thioether (sulfide) groups is 1. The second-order valence-electron chi connectivity index (χ2n) is 6.56. The van der Waals surface area contributed by atoms with Gasteiger partial charge in [-0.1, -0.05) is 77.0 Å². The van der Waals surface area contributed by atoms with Gasteiger partial charge in [0.25, 0.3) is 0 Å². The van der Waals surface area contributed by atoms with Crippen molar-refractivity contribution in [2.75, 3.05) is 24.7 Å². The summed E-state index contributed by atoms with van der Waals surface area (Å²) in [5.74, 6) is 2.60. The second-order valence-corrected chi connectivity index (χ2v) is 9.55. The molecule has 0 aromatic rings. The molecule has 1 N–H and O–H groups in total. The van der Waals surface area contributed by atoms with Gasteiger partial charge in [-0.3, -0.25) is 0 Å². The third-order valence-electron chi connectivity index (χ3n) is 4.29. The summed E-state index contributed by atoms with van der Waals surface area (Å²) in [6, 6.07) is 0. The number of hydrogen-bond acceptors (Lipinski definition) is 3. The summed E-state index contributed by atoms with van der Waals surface area (Å²) in [5, 5.41) is 8.71. The molecular weight excluding hydrogens is 450 g/mol. The van der Waals surface area contributed by atoms with Crippen LogP contribution in [-0.4, -0.2) is 29.8 Å². The van der Waals surface area contributed by atoms with Gasteiger partial charge in [0.15, 0.2) is 0 Å². The Morgan fingerprint density at radius 2 is 1.04 bits per heavy atom. The number of aliphatic hydroxyl groups excluding tert-OH is 1. The van der Waals surface area contributed by atoms with Crippen molar-refractivity contribution in [3.8, 4) is 0 Å². The number of halogens is 1. The van der Waals surface area contributed by atoms with Crippen LogP contribution in [0.3, 0.4) is 0 Å². The Morgan fingerprint density at radius 1 is 0.625 bits per heavy atom. The lowest BCUT2D eigenvalue weighted by atomic mass is 10.0. The first-order chi connectivity index (χ1) is 11.9. The number of rotatable bonds is 21. The molecular formula is C19H40IO2PS. The minimum Gasteiger partial charge on any atom is -0.396 e. The molecule has 5 heteroatoms. The van der Waals surface area contributed by atoms with Crippen molar-refractivity contribution >= 4 is 40.3 Å². The van der Waals surface area contributed by atoms with Crippen LogP contribution in [0.2, 0.25) is 0 Å². The summed E-state index contributed by atoms with van der Waals surface area (Å²) in [5.41, 5.74) is 0. The monoisotopic (exact) mass is 490 g/mol. The van der Waals surface area contributed by atoms with E-state index in [0.29, 0.717) is 13.1 Å². The fraction of sp³-hybridized carbons (Fsp3) is 1.00. The van der Waals surface area contributed by atoms with Gasteiger partial charge in [-0.05, 0) is 52.8 Å². The fourth-order valence-corrected chi connectivity index (χ4v) is 4.63. The standard InChI is InChI=1S/C19H40IO2PS/c20-23-22-17-15-19-24-18-14-12-10-8-6-4-2-1-3-5-7-9-11-13-16-21/h21,23H,1-19H2. The summed E-state index contributed by atoms with van der Waals surface area (Å²) in [6.07, 6.45) is 20.4. The number of aliphatic hydroxyl groups is 1. The Labute approximate surface area is 170 Å². The smallest absolute Gasteiger partial charge is 0.0793 e. The Hall–Kier alpha value is 1.43. The first-order valence-electron chi connectivity index (χ1n) is 10.1. The lowest BCUT2D eigenvalue weighted by Crippen LogP contribution is -1.89. The van der Waals surface area contributed by atoms with E-state index < -0.39 is 0 Å². The van der Waals surface area contributed by atoms with E-state index in [-0.39, 0.29) is 0 Å². The zero-order valence-corrected chi connectivity index (χ0v) is 19.6. The summed E-state index contributed by atoms with van der Waals surface area (Å²) < 4.78 is 5.36. The van der Waals surface area contributed by atoms with Gasteiger partial charge in [0, 0.05) is 6.61 Å². The SMILES string of the molecule is OCCCCCCCCCCCCCCCCSCCCOPI. The van der Waals surface area contributed by atoms with Crippen LogP contribution >= 0.6 is 40.3 Å². The topological polar surface area (TPSA) is 29.5 Å². The largest absolute Gasteiger partial charge is 0.396 e. The maximum Gasteiger partial charge on any atom is 0.0793 e. The van der Waals surface area contributed by atoms with Crippen LogP contribution in [-0.2, 0) is 4.52 Å². The molecule has 1 unspecified atom stereocenters. The molecule has 0 rings (SSSR count). The molecule has 0 radical (unpaired) electrons. The van der Waals surface area contributed by atoms with E-state index in [2.05, 4.69) is 33.8 Å². The molecule has 0 heterocycles. The van der Waals surface area contributed by atoms with E-state index in [4.69, 9.17) is 9.63 Å². The highest BCUT2D eigenvalue weighted by atomic mass is 127. The van der Waals surface area contributed by atoms with Gasteiger partial charge in [0.1, 0.15) is 0 Å². The molecule has 0 amide bonds. The third-order valence-corrected chi connectivity index (χ3v) is 6.69. The molecule has 0 bridgehead atoms. The minimum absolute atomic E-state index is 0.368. The molecule has 0 aliphatic carbocycles. The molecule has 0 fully saturated rings. The zero-order valence-electron chi connectivity index (χ0n) is 15.6. The van der Waals surface area contributed by atoms with Crippen LogP contribution < -0.4 is 0 Å². The van der Waals surface area contributed by atoms with Crippen molar-refractivity contribution in [3.63, 3.8) is 0 Å². The molecule has 0 aromatic heterocycles. The van der Waals surface area contributed by atoms with Crippen molar-refractivity contribution in [2.45, 2.75) is 96.3 Å². The predicted molar refractivity (Wildman–Crippen MR) is 122 cm³/mol. The van der Waals surface area contributed by atoms with E-state index in [1.54, 1.807) is 0 Å². The van der Waals surface area contributed by atoms with E-state index in [1.165, 1.54) is 101 Å². The molecule has 0 aromatic carbocycles. The van der Waals surface area contributed by atoms with Crippen LogP contribution in [0.15, 0.2) is 0 Å². The Morgan fingerprint density at radius 3 is 1.50 bits per heavy atom. The molecule has 2 nitrogen and oxygen atoms in total. The highest BCUT2D eigenvalue weighted by Gasteiger charge is 1.95. The van der Waals surface area contributed by atoms with Crippen LogP contribution in [0.25, 0.3) is 0 Å². The van der Waals surface area contributed by atoms with Crippen molar-refractivity contribution < 1.29 is 9.63 Å². The number of unbranched alkanes of at least 4 members (excludes halogenated alkanes) is 13. The molecule has 146 valence electrons. The molecule has 24 heavy (non-hydrogen) atoms. The van der Waals surface area contributed by atoms with Gasteiger partial charge in [-0.15, -0.1) is 0 Å². The quantitative estimate of drug-likeness (QED) is 0.103. The Kier molecular flexibility index (Phi) is 25.9. The zero-order chi connectivity index (χ0) is 17.6.